The van der Waals surface area contributed by atoms with Crippen molar-refractivity contribution in [1.29, 1.82) is 0 Å². The summed E-state index contributed by atoms with van der Waals surface area (Å²) >= 11 is 1.50. The lowest BCUT2D eigenvalue weighted by Gasteiger charge is -2.28. The van der Waals surface area contributed by atoms with Crippen LogP contribution in [0.4, 0.5) is 0 Å². The molecule has 30 heavy (non-hydrogen) atoms. The minimum absolute atomic E-state index is 0.0196. The molecule has 0 spiro atoms. The van der Waals surface area contributed by atoms with E-state index in [-0.39, 0.29) is 23.5 Å². The largest absolute Gasteiger partial charge is 0.338 e. The zero-order valence-electron chi connectivity index (χ0n) is 17.6. The fraction of sp³-hybridized carbons (Fsp3) is 0.636. The van der Waals surface area contributed by atoms with Gasteiger partial charge in [0.15, 0.2) is 15.0 Å². The van der Waals surface area contributed by atoms with Crippen LogP contribution >= 0.6 is 11.8 Å². The van der Waals surface area contributed by atoms with Crippen molar-refractivity contribution in [3.8, 4) is 0 Å². The Morgan fingerprint density at radius 2 is 1.97 bits per heavy atom. The van der Waals surface area contributed by atoms with E-state index in [2.05, 4.69) is 10.6 Å². The first-order valence-corrected chi connectivity index (χ1v) is 13.9. The van der Waals surface area contributed by atoms with Crippen LogP contribution in [-0.2, 0) is 14.6 Å². The summed E-state index contributed by atoms with van der Waals surface area (Å²) in [5, 5.41) is 0.909. The van der Waals surface area contributed by atoms with Crippen molar-refractivity contribution in [1.82, 2.24) is 14.5 Å². The minimum atomic E-state index is -3.02. The van der Waals surface area contributed by atoms with Gasteiger partial charge in [-0.15, -0.1) is 0 Å². The number of carbonyl (C=O) groups is 1. The monoisotopic (exact) mass is 449 g/mol. The molecule has 1 aliphatic heterocycles. The summed E-state index contributed by atoms with van der Waals surface area (Å²) in [5.74, 6) is 0.609. The van der Waals surface area contributed by atoms with Gasteiger partial charge in [-0.1, -0.05) is 50.1 Å². The molecule has 1 saturated heterocycles. The van der Waals surface area contributed by atoms with Gasteiger partial charge in [0.2, 0.25) is 5.91 Å². The van der Waals surface area contributed by atoms with Gasteiger partial charge in [-0.3, -0.25) is 4.79 Å². The number of amides is 1. The van der Waals surface area contributed by atoms with Crippen LogP contribution in [0.3, 0.4) is 0 Å². The van der Waals surface area contributed by atoms with Crippen LogP contribution in [0.15, 0.2) is 29.4 Å². The Labute approximate surface area is 183 Å². The lowest BCUT2D eigenvalue weighted by molar-refractivity contribution is -0.130. The summed E-state index contributed by atoms with van der Waals surface area (Å²) in [6.07, 6.45) is 7.46. The van der Waals surface area contributed by atoms with Crippen LogP contribution in [0.2, 0.25) is 0 Å². The Kier molecular flexibility index (Phi) is 6.72. The molecule has 8 heteroatoms. The van der Waals surface area contributed by atoms with Crippen molar-refractivity contribution in [2.75, 3.05) is 23.8 Å². The van der Waals surface area contributed by atoms with Gasteiger partial charge in [0, 0.05) is 18.6 Å². The van der Waals surface area contributed by atoms with Crippen molar-refractivity contribution in [2.45, 2.75) is 69.1 Å². The molecular formula is C22H31N3O3S2. The highest BCUT2D eigenvalue weighted by molar-refractivity contribution is 7.99. The van der Waals surface area contributed by atoms with Crippen LogP contribution in [0, 0.1) is 0 Å². The molecule has 2 fully saturated rings. The first kappa shape index (κ1) is 21.7. The topological polar surface area (TPSA) is 72.3 Å². The highest BCUT2D eigenvalue weighted by Crippen LogP contribution is 2.35. The summed E-state index contributed by atoms with van der Waals surface area (Å²) in [4.78, 5) is 19.7. The van der Waals surface area contributed by atoms with Gasteiger partial charge < -0.3 is 9.47 Å². The molecule has 2 heterocycles. The standard InChI is InChI=1S/C22H31N3O3S2/c1-2-13-24(18-12-14-30(27,28)16-18)21(26)15-29-22-23-19-10-6-7-11-20(19)25(22)17-8-4-3-5-9-17/h6-7,10-11,17-18H,2-5,8-9,12-16H2,1H3/t18-/m0/s1. The van der Waals surface area contributed by atoms with Gasteiger partial charge in [0.05, 0.1) is 28.3 Å². The van der Waals surface area contributed by atoms with Crippen molar-refractivity contribution < 1.29 is 13.2 Å². The average Bonchev–Trinajstić information content (AvgIpc) is 3.30. The molecule has 0 N–H and O–H groups in total. The summed E-state index contributed by atoms with van der Waals surface area (Å²) in [5.41, 5.74) is 2.12. The van der Waals surface area contributed by atoms with Crippen molar-refractivity contribution in [3.63, 3.8) is 0 Å². The number of sulfone groups is 1. The van der Waals surface area contributed by atoms with Gasteiger partial charge in [0.1, 0.15) is 0 Å². The third kappa shape index (κ3) is 4.69. The van der Waals surface area contributed by atoms with Gasteiger partial charge in [-0.25, -0.2) is 13.4 Å². The van der Waals surface area contributed by atoms with E-state index in [1.54, 1.807) is 4.90 Å². The average molecular weight is 450 g/mol. The van der Waals surface area contributed by atoms with E-state index in [1.807, 2.05) is 25.1 Å². The molecule has 1 amide bonds. The molecule has 2 aromatic rings. The quantitative estimate of drug-likeness (QED) is 0.596. The number of thioether (sulfide) groups is 1. The van der Waals surface area contributed by atoms with Crippen molar-refractivity contribution >= 4 is 38.5 Å². The predicted molar refractivity (Wildman–Crippen MR) is 122 cm³/mol. The maximum absolute atomic E-state index is 13.1. The van der Waals surface area contributed by atoms with E-state index in [9.17, 15) is 13.2 Å². The molecule has 1 aliphatic carbocycles. The number of hydrogen-bond acceptors (Lipinski definition) is 5. The second-order valence-electron chi connectivity index (χ2n) is 8.48. The summed E-state index contributed by atoms with van der Waals surface area (Å²) < 4.78 is 26.2. The second-order valence-corrected chi connectivity index (χ2v) is 11.6. The number of imidazole rings is 1. The molecule has 164 valence electrons. The Hall–Kier alpha value is -1.54. The van der Waals surface area contributed by atoms with Gasteiger partial charge in [0.25, 0.3) is 0 Å². The van der Waals surface area contributed by atoms with Crippen molar-refractivity contribution in [3.05, 3.63) is 24.3 Å². The summed E-state index contributed by atoms with van der Waals surface area (Å²) in [7, 11) is -3.02. The Bertz CT molecular complexity index is 996. The molecule has 4 rings (SSSR count). The lowest BCUT2D eigenvalue weighted by atomic mass is 9.95. The number of para-hydroxylation sites is 2. The van der Waals surface area contributed by atoms with Crippen LogP contribution in [-0.4, -0.2) is 58.6 Å². The van der Waals surface area contributed by atoms with E-state index >= 15 is 0 Å². The Morgan fingerprint density at radius 1 is 1.20 bits per heavy atom. The number of hydrogen-bond donors (Lipinski definition) is 0. The highest BCUT2D eigenvalue weighted by atomic mass is 32.2. The molecule has 1 aromatic heterocycles. The van der Waals surface area contributed by atoms with Crippen LogP contribution in [0.25, 0.3) is 11.0 Å². The first-order valence-electron chi connectivity index (χ1n) is 11.1. The molecule has 0 unspecified atom stereocenters. The smallest absolute Gasteiger partial charge is 0.233 e. The third-order valence-corrected chi connectivity index (χ3v) is 8.95. The number of nitrogens with zero attached hydrogens (tertiary/aromatic N) is 3. The maximum atomic E-state index is 13.1. The molecular weight excluding hydrogens is 418 g/mol. The molecule has 0 bridgehead atoms. The molecule has 1 aromatic carbocycles. The number of benzene rings is 1. The number of aromatic nitrogens is 2. The summed E-state index contributed by atoms with van der Waals surface area (Å²) in [6, 6.07) is 8.47. The van der Waals surface area contributed by atoms with Gasteiger partial charge >= 0.3 is 0 Å². The number of fused-ring (bicyclic) bond motifs is 1. The van der Waals surface area contributed by atoms with E-state index in [0.29, 0.717) is 24.8 Å². The van der Waals surface area contributed by atoms with E-state index in [0.717, 1.165) is 35.5 Å². The molecule has 1 saturated carbocycles. The van der Waals surface area contributed by atoms with Crippen LogP contribution in [0.5, 0.6) is 0 Å². The van der Waals surface area contributed by atoms with E-state index in [4.69, 9.17) is 4.98 Å². The first-order chi connectivity index (χ1) is 14.5. The van der Waals surface area contributed by atoms with Crippen LogP contribution < -0.4 is 0 Å². The van der Waals surface area contributed by atoms with Gasteiger partial charge in [-0.05, 0) is 37.8 Å². The molecule has 2 aliphatic rings. The van der Waals surface area contributed by atoms with E-state index in [1.165, 1.54) is 31.0 Å². The maximum Gasteiger partial charge on any atom is 0.233 e. The molecule has 0 radical (unpaired) electrons. The number of rotatable bonds is 7. The molecule has 1 atom stereocenters. The summed E-state index contributed by atoms with van der Waals surface area (Å²) in [6.45, 7) is 2.64. The Balaban J connectivity index is 1.53. The van der Waals surface area contributed by atoms with Crippen LogP contribution in [0.1, 0.15) is 57.9 Å². The lowest BCUT2D eigenvalue weighted by Crippen LogP contribution is -2.42. The SMILES string of the molecule is CCCN(C(=O)CSc1nc2ccccc2n1C1CCCCC1)[C@H]1CCS(=O)(=O)C1. The van der Waals surface area contributed by atoms with E-state index < -0.39 is 9.84 Å². The predicted octanol–water partition coefficient (Wildman–Crippen LogP) is 4.06. The van der Waals surface area contributed by atoms with Gasteiger partial charge in [-0.2, -0.15) is 0 Å². The normalized spacial score (nSPS) is 21.8. The Morgan fingerprint density at radius 3 is 2.67 bits per heavy atom. The zero-order valence-corrected chi connectivity index (χ0v) is 19.3. The second kappa shape index (κ2) is 9.30. The zero-order chi connectivity index (χ0) is 21.1. The highest BCUT2D eigenvalue weighted by Gasteiger charge is 2.34. The fourth-order valence-corrected chi connectivity index (χ4v) is 7.50. The minimum Gasteiger partial charge on any atom is -0.338 e. The molecule has 6 nitrogen and oxygen atoms in total. The third-order valence-electron chi connectivity index (χ3n) is 6.26. The van der Waals surface area contributed by atoms with Crippen molar-refractivity contribution in [2.24, 2.45) is 0 Å². The number of carbonyl (C=O) groups excluding carboxylic acids is 1. The fourth-order valence-electron chi connectivity index (χ4n) is 4.80.